The molecular formula is C60H89N5O15. The van der Waals surface area contributed by atoms with Gasteiger partial charge in [0.15, 0.2) is 0 Å². The van der Waals surface area contributed by atoms with E-state index in [0.29, 0.717) is 25.9 Å². The van der Waals surface area contributed by atoms with Gasteiger partial charge in [0.05, 0.1) is 25.4 Å². The van der Waals surface area contributed by atoms with E-state index in [4.69, 9.17) is 25.2 Å². The maximum absolute atomic E-state index is 13.2. The number of carbonyl (C=O) groups excluding carboxylic acids is 6. The topological polar surface area (TPSA) is 300 Å². The average Bonchev–Trinajstić information content (AvgIpc) is 3.39. The summed E-state index contributed by atoms with van der Waals surface area (Å²) in [6.07, 6.45) is 8.26. The first-order chi connectivity index (χ1) is 37.5. The average molecular weight is 1120 g/mol. The van der Waals surface area contributed by atoms with Crippen molar-refractivity contribution in [3.8, 4) is 0 Å². The normalized spacial score (nSPS) is 16.0. The van der Waals surface area contributed by atoms with E-state index in [9.17, 15) is 48.6 Å². The second kappa shape index (κ2) is 34.5. The number of esters is 3. The van der Waals surface area contributed by atoms with Gasteiger partial charge in [0.1, 0.15) is 40.7 Å². The molecule has 4 atom stereocenters. The van der Waals surface area contributed by atoms with Gasteiger partial charge in [-0.1, -0.05) is 143 Å². The van der Waals surface area contributed by atoms with Crippen LogP contribution >= 0.6 is 0 Å². The van der Waals surface area contributed by atoms with Crippen LogP contribution in [-0.2, 0) is 77.0 Å². The Balaban J connectivity index is 0.000000413. The van der Waals surface area contributed by atoms with Crippen molar-refractivity contribution >= 4 is 47.4 Å². The minimum Gasteiger partial charge on any atom is -0.480 e. The number of carboxylic acids is 2. The lowest BCUT2D eigenvalue weighted by molar-refractivity contribution is -0.379. The molecule has 2 amide bonds. The van der Waals surface area contributed by atoms with E-state index < -0.39 is 81.9 Å². The molecule has 3 aromatic carbocycles. The van der Waals surface area contributed by atoms with Gasteiger partial charge in [-0.3, -0.25) is 34.1 Å². The highest BCUT2D eigenvalue weighted by Gasteiger charge is 2.42. The van der Waals surface area contributed by atoms with Crippen LogP contribution in [0.25, 0.3) is 0 Å². The quantitative estimate of drug-likeness (QED) is 0.0221. The molecule has 2 aliphatic carbocycles. The number of Topliss-reactive ketones (excluding diaryl/α,β-unsaturated/α-hetero) is 1. The molecule has 0 aliphatic heterocycles. The second-order valence-corrected chi connectivity index (χ2v) is 22.7. The minimum absolute atomic E-state index is 0.0462. The summed E-state index contributed by atoms with van der Waals surface area (Å²) in [5.41, 5.74) is 5.52. The zero-order valence-corrected chi connectivity index (χ0v) is 48.5. The molecule has 0 saturated heterocycles. The number of nitrogens with one attached hydrogen (secondary N) is 3. The van der Waals surface area contributed by atoms with Gasteiger partial charge in [0.2, 0.25) is 11.8 Å². The SMILES string of the molecule is CN(C)OO.C[C@@H](CC(=O)OC(C)(C)C)C(=O)CN[C@H](Cc1ccccc1)C(=O)NC1(C(=O)O)CCCCC1.C[C@@H](CC(=O)OC(C)(C)C)C(=O)N[C@H](Cc1ccccc1)C(=O)O.NC1(C(=O)OCc2ccccc2)CCCCC1. The summed E-state index contributed by atoms with van der Waals surface area (Å²) in [7, 11) is 3.17. The molecule has 5 rings (SSSR count). The molecule has 2 aliphatic rings. The van der Waals surface area contributed by atoms with Crippen molar-refractivity contribution in [1.82, 2.24) is 21.0 Å². The van der Waals surface area contributed by atoms with Crippen LogP contribution in [0.5, 0.6) is 0 Å². The maximum Gasteiger partial charge on any atom is 0.329 e. The number of nitrogens with two attached hydrogens (primary N) is 1. The molecule has 0 spiro atoms. The van der Waals surface area contributed by atoms with Gasteiger partial charge in [-0.05, 0) is 90.3 Å². The molecule has 20 heteroatoms. The van der Waals surface area contributed by atoms with Gasteiger partial charge in [-0.25, -0.2) is 14.8 Å². The smallest absolute Gasteiger partial charge is 0.329 e. The van der Waals surface area contributed by atoms with E-state index in [-0.39, 0.29) is 37.6 Å². The number of hydrogen-bond donors (Lipinski definition) is 7. The highest BCUT2D eigenvalue weighted by molar-refractivity contribution is 5.91. The first-order valence-corrected chi connectivity index (χ1v) is 27.3. The number of hydroxylamine groups is 2. The Hall–Kier alpha value is -6.58. The minimum atomic E-state index is -1.28. The molecule has 0 aromatic heterocycles. The standard InChI is InChI=1S/C26H38N2O6.C18H25NO5.C14H19NO2.C2H7NO2/c1-18(15-22(30)34-25(2,3)4)21(29)17-27-20(16-19-11-7-5-8-12-19)23(31)28-26(24(32)33)13-9-6-10-14-26;1-12(10-15(20)24-18(2,3)4)16(21)19-14(17(22)23)11-13-8-6-5-7-9-13;15-14(9-5-2-6-10-14)13(16)17-11-12-7-3-1-4-8-12;1-3(2)5-4/h5,7-8,11-12,18,20,27H,6,9-10,13-17H2,1-4H3,(H,28,31)(H,32,33);5-9,12,14H,10-11H2,1-4H3,(H,19,21)(H,22,23);1,3-4,7-8H,2,5-6,9-11,15H2;4H,1-2H3/t18-,20+;12-,14+;;/m00../s1. The number of ether oxygens (including phenoxy) is 3. The third kappa shape index (κ3) is 28.0. The van der Waals surface area contributed by atoms with E-state index >= 15 is 0 Å². The number of ketones is 1. The predicted octanol–water partition coefficient (Wildman–Crippen LogP) is 7.54. The third-order valence-corrected chi connectivity index (χ3v) is 12.8. The molecule has 20 nitrogen and oxygen atoms in total. The number of carboxylic acid groups (broad SMARTS) is 2. The van der Waals surface area contributed by atoms with E-state index in [2.05, 4.69) is 20.9 Å². The van der Waals surface area contributed by atoms with Crippen molar-refractivity contribution < 1.29 is 73.0 Å². The van der Waals surface area contributed by atoms with Gasteiger partial charge < -0.3 is 40.8 Å². The highest BCUT2D eigenvalue weighted by atomic mass is 17.2. The number of carbonyl (C=O) groups is 8. The van der Waals surface area contributed by atoms with Crippen LogP contribution in [0.1, 0.15) is 149 Å². The number of hydrogen-bond acceptors (Lipinski definition) is 16. The van der Waals surface area contributed by atoms with Gasteiger partial charge >= 0.3 is 29.8 Å². The Morgan fingerprint density at radius 3 is 1.44 bits per heavy atom. The lowest BCUT2D eigenvalue weighted by Crippen LogP contribution is -2.60. The van der Waals surface area contributed by atoms with Crippen LogP contribution < -0.4 is 21.7 Å². The van der Waals surface area contributed by atoms with Crippen molar-refractivity contribution in [3.63, 3.8) is 0 Å². The summed E-state index contributed by atoms with van der Waals surface area (Å²) in [4.78, 5) is 101. The van der Waals surface area contributed by atoms with Crippen molar-refractivity contribution in [2.75, 3.05) is 20.6 Å². The van der Waals surface area contributed by atoms with Crippen LogP contribution in [0.15, 0.2) is 91.0 Å². The Labute approximate surface area is 472 Å². The lowest BCUT2D eigenvalue weighted by Gasteiger charge is -2.35. The molecule has 0 radical (unpaired) electrons. The molecule has 80 heavy (non-hydrogen) atoms. The van der Waals surface area contributed by atoms with Gasteiger partial charge in [0, 0.05) is 32.4 Å². The first-order valence-electron chi connectivity index (χ1n) is 27.3. The van der Waals surface area contributed by atoms with Crippen LogP contribution in [0.2, 0.25) is 0 Å². The fourth-order valence-corrected chi connectivity index (χ4v) is 8.47. The van der Waals surface area contributed by atoms with Gasteiger partial charge in [-0.2, -0.15) is 5.06 Å². The monoisotopic (exact) mass is 1120 g/mol. The first kappa shape index (κ1) is 69.5. The molecular weight excluding hydrogens is 1030 g/mol. The highest BCUT2D eigenvalue weighted by Crippen LogP contribution is 2.29. The summed E-state index contributed by atoms with van der Waals surface area (Å²) in [5, 5.41) is 36.1. The second-order valence-electron chi connectivity index (χ2n) is 22.7. The molecule has 444 valence electrons. The predicted molar refractivity (Wildman–Crippen MR) is 301 cm³/mol. The summed E-state index contributed by atoms with van der Waals surface area (Å²) in [6.45, 7) is 14.0. The summed E-state index contributed by atoms with van der Waals surface area (Å²) < 4.78 is 15.8. The van der Waals surface area contributed by atoms with Crippen LogP contribution in [0.3, 0.4) is 0 Å². The fourth-order valence-electron chi connectivity index (χ4n) is 8.47. The molecule has 8 N–H and O–H groups in total. The van der Waals surface area contributed by atoms with Crippen LogP contribution in [0, 0.1) is 11.8 Å². The van der Waals surface area contributed by atoms with Crippen molar-refractivity contribution in [2.24, 2.45) is 17.6 Å². The maximum atomic E-state index is 13.2. The summed E-state index contributed by atoms with van der Waals surface area (Å²) in [6, 6.07) is 26.2. The zero-order valence-electron chi connectivity index (χ0n) is 48.5. The molecule has 0 unspecified atom stereocenters. The Morgan fingerprint density at radius 1 is 0.613 bits per heavy atom. The largest absolute Gasteiger partial charge is 0.480 e. The lowest BCUT2D eigenvalue weighted by atomic mass is 9.81. The number of amides is 2. The Kier molecular flexibility index (Phi) is 30.0. The van der Waals surface area contributed by atoms with E-state index in [1.165, 1.54) is 11.5 Å². The number of nitrogens with zero attached hydrogens (tertiary/aromatic N) is 1. The van der Waals surface area contributed by atoms with E-state index in [1.54, 1.807) is 93.8 Å². The zero-order chi connectivity index (χ0) is 60.1. The Bertz CT molecular complexity index is 2380. The summed E-state index contributed by atoms with van der Waals surface area (Å²) >= 11 is 0. The fraction of sp³-hybridized carbons (Fsp3) is 0.567. The molecule has 0 heterocycles. The number of aliphatic carboxylic acids is 2. The van der Waals surface area contributed by atoms with E-state index in [1.807, 2.05) is 66.7 Å². The molecule has 2 saturated carbocycles. The van der Waals surface area contributed by atoms with Crippen LogP contribution in [0.4, 0.5) is 0 Å². The molecule has 2 fully saturated rings. The third-order valence-electron chi connectivity index (χ3n) is 12.8. The van der Waals surface area contributed by atoms with Crippen molar-refractivity contribution in [2.45, 2.75) is 186 Å². The van der Waals surface area contributed by atoms with Gasteiger partial charge in [-0.15, -0.1) is 4.99 Å². The van der Waals surface area contributed by atoms with Crippen LogP contribution in [-0.4, -0.2) is 123 Å². The molecule has 3 aromatic rings. The number of rotatable bonds is 22. The number of benzene rings is 3. The van der Waals surface area contributed by atoms with E-state index in [0.717, 1.165) is 61.6 Å². The molecule has 0 bridgehead atoms. The summed E-state index contributed by atoms with van der Waals surface area (Å²) in [5.74, 6) is -5.72. The van der Waals surface area contributed by atoms with Crippen molar-refractivity contribution in [1.29, 1.82) is 0 Å². The Morgan fingerprint density at radius 2 is 1.02 bits per heavy atom. The van der Waals surface area contributed by atoms with Gasteiger partial charge in [0.25, 0.3) is 0 Å². The van der Waals surface area contributed by atoms with Crippen molar-refractivity contribution in [3.05, 3.63) is 108 Å².